The number of anilines is 2. The van der Waals surface area contributed by atoms with E-state index < -0.39 is 12.2 Å². The minimum Gasteiger partial charge on any atom is -0.450 e. The molecule has 0 aliphatic carbocycles. The zero-order valence-electron chi connectivity index (χ0n) is 10.2. The van der Waals surface area contributed by atoms with Gasteiger partial charge in [0.2, 0.25) is 0 Å². The van der Waals surface area contributed by atoms with Crippen LogP contribution in [0, 0.1) is 0 Å². The number of hydrogen-bond acceptors (Lipinski definition) is 5. The fourth-order valence-electron chi connectivity index (χ4n) is 1.15. The van der Waals surface area contributed by atoms with Gasteiger partial charge in [-0.15, -0.1) is 0 Å². The highest BCUT2D eigenvalue weighted by Gasteiger charge is 2.10. The first kappa shape index (κ1) is 13.8. The summed E-state index contributed by atoms with van der Waals surface area (Å²) in [5, 5.41) is 4.88. The highest BCUT2D eigenvalue weighted by Crippen LogP contribution is 2.18. The maximum Gasteiger partial charge on any atom is 0.412 e. The molecule has 1 rings (SSSR count). The van der Waals surface area contributed by atoms with Gasteiger partial charge in [-0.2, -0.15) is 0 Å². The number of nitrogens with one attached hydrogen (secondary N) is 2. The lowest BCUT2D eigenvalue weighted by molar-refractivity contribution is 0.166. The van der Waals surface area contributed by atoms with Gasteiger partial charge in [0, 0.05) is 6.20 Å². The molecule has 1 heterocycles. The van der Waals surface area contributed by atoms with E-state index in [1.165, 1.54) is 6.20 Å². The van der Waals surface area contributed by atoms with E-state index >= 15 is 0 Å². The van der Waals surface area contributed by atoms with Crippen molar-refractivity contribution >= 4 is 23.7 Å². The maximum atomic E-state index is 11.3. The molecule has 0 aromatic carbocycles. The van der Waals surface area contributed by atoms with E-state index in [-0.39, 0.29) is 19.0 Å². The van der Waals surface area contributed by atoms with Crippen molar-refractivity contribution in [1.29, 1.82) is 0 Å². The van der Waals surface area contributed by atoms with Gasteiger partial charge in [0.1, 0.15) is 0 Å². The summed E-state index contributed by atoms with van der Waals surface area (Å²) in [6, 6.07) is 3.21. The van der Waals surface area contributed by atoms with Crippen LogP contribution in [0.4, 0.5) is 21.1 Å². The van der Waals surface area contributed by atoms with Gasteiger partial charge < -0.3 is 9.47 Å². The Morgan fingerprint density at radius 2 is 1.78 bits per heavy atom. The number of carbonyl (C=O) groups is 2. The van der Waals surface area contributed by atoms with Crippen molar-refractivity contribution in [3.63, 3.8) is 0 Å². The van der Waals surface area contributed by atoms with Crippen LogP contribution in [0.15, 0.2) is 18.3 Å². The second kappa shape index (κ2) is 7.10. The number of amides is 2. The minimum absolute atomic E-state index is 0.198. The van der Waals surface area contributed by atoms with Crippen LogP contribution >= 0.6 is 0 Å². The lowest BCUT2D eigenvalue weighted by Crippen LogP contribution is -2.18. The molecule has 0 radical (unpaired) electrons. The molecule has 0 atom stereocenters. The number of pyridine rings is 1. The van der Waals surface area contributed by atoms with E-state index in [0.717, 1.165) is 0 Å². The van der Waals surface area contributed by atoms with E-state index in [2.05, 4.69) is 15.6 Å². The summed E-state index contributed by atoms with van der Waals surface area (Å²) in [7, 11) is 0. The predicted octanol–water partition coefficient (Wildman–Crippen LogP) is 2.22. The van der Waals surface area contributed by atoms with Crippen molar-refractivity contribution in [3.8, 4) is 0 Å². The number of carbonyl (C=O) groups excluding carboxylic acids is 2. The van der Waals surface area contributed by atoms with Gasteiger partial charge in [0.15, 0.2) is 5.82 Å². The summed E-state index contributed by atoms with van der Waals surface area (Å²) in [5.74, 6) is 0.198. The molecule has 2 N–H and O–H groups in total. The summed E-state index contributed by atoms with van der Waals surface area (Å²) in [6.07, 6.45) is 0.235. The third-order valence-corrected chi connectivity index (χ3v) is 1.82. The average Bonchev–Trinajstić information content (AvgIpc) is 2.32. The highest BCUT2D eigenvalue weighted by molar-refractivity contribution is 5.93. The van der Waals surface area contributed by atoms with Crippen LogP contribution < -0.4 is 10.6 Å². The van der Waals surface area contributed by atoms with Gasteiger partial charge in [0.25, 0.3) is 0 Å². The van der Waals surface area contributed by atoms with Crippen LogP contribution in [0.2, 0.25) is 0 Å². The third-order valence-electron chi connectivity index (χ3n) is 1.82. The Kier molecular flexibility index (Phi) is 5.43. The lowest BCUT2D eigenvalue weighted by Gasteiger charge is -2.10. The summed E-state index contributed by atoms with van der Waals surface area (Å²) in [5.41, 5.74) is 0.337. The Bertz CT molecular complexity index is 384. The molecule has 2 amide bonds. The number of aromatic nitrogens is 1. The number of ether oxygens (including phenoxy) is 2. The maximum absolute atomic E-state index is 11.3. The van der Waals surface area contributed by atoms with Crippen LogP contribution in [-0.2, 0) is 9.47 Å². The monoisotopic (exact) mass is 253 g/mol. The normalized spacial score (nSPS) is 9.44. The second-order valence-electron chi connectivity index (χ2n) is 3.09. The molecule has 0 aliphatic heterocycles. The molecule has 98 valence electrons. The molecule has 7 nitrogen and oxygen atoms in total. The molecule has 0 fully saturated rings. The molecule has 0 aliphatic rings. The van der Waals surface area contributed by atoms with Crippen molar-refractivity contribution in [3.05, 3.63) is 18.3 Å². The highest BCUT2D eigenvalue weighted by atomic mass is 16.6. The number of nitrogens with zero attached hydrogens (tertiary/aromatic N) is 1. The molecule has 18 heavy (non-hydrogen) atoms. The number of hydrogen-bond donors (Lipinski definition) is 2. The Labute approximate surface area is 104 Å². The molecule has 0 saturated heterocycles. The van der Waals surface area contributed by atoms with Crippen LogP contribution in [0.3, 0.4) is 0 Å². The summed E-state index contributed by atoms with van der Waals surface area (Å²) >= 11 is 0. The molecule has 0 bridgehead atoms. The van der Waals surface area contributed by atoms with Gasteiger partial charge in [-0.3, -0.25) is 10.6 Å². The van der Waals surface area contributed by atoms with Gasteiger partial charge >= 0.3 is 12.2 Å². The first-order chi connectivity index (χ1) is 8.67. The van der Waals surface area contributed by atoms with Crippen molar-refractivity contribution in [2.45, 2.75) is 13.8 Å². The van der Waals surface area contributed by atoms with E-state index in [0.29, 0.717) is 5.69 Å². The van der Waals surface area contributed by atoms with Crippen molar-refractivity contribution < 1.29 is 19.1 Å². The Morgan fingerprint density at radius 3 is 2.39 bits per heavy atom. The molecule has 1 aromatic rings. The molecule has 0 saturated carbocycles. The Morgan fingerprint density at radius 1 is 1.17 bits per heavy atom. The molecule has 1 aromatic heterocycles. The summed E-state index contributed by atoms with van der Waals surface area (Å²) < 4.78 is 9.45. The van der Waals surface area contributed by atoms with Gasteiger partial charge in [-0.25, -0.2) is 14.6 Å². The van der Waals surface area contributed by atoms with Crippen LogP contribution in [0.5, 0.6) is 0 Å². The SMILES string of the molecule is CCOC(=O)Nc1cccnc1NC(=O)OCC. The smallest absolute Gasteiger partial charge is 0.412 e. The van der Waals surface area contributed by atoms with Crippen LogP contribution in [-0.4, -0.2) is 30.4 Å². The van der Waals surface area contributed by atoms with E-state index in [4.69, 9.17) is 9.47 Å². The Hall–Kier alpha value is -2.31. The summed E-state index contributed by atoms with van der Waals surface area (Å²) in [4.78, 5) is 26.5. The van der Waals surface area contributed by atoms with Gasteiger partial charge in [0.05, 0.1) is 18.9 Å². The molecular formula is C11H15N3O4. The molecule has 0 unspecified atom stereocenters. The van der Waals surface area contributed by atoms with Crippen molar-refractivity contribution in [2.75, 3.05) is 23.8 Å². The van der Waals surface area contributed by atoms with E-state index in [1.807, 2.05) is 0 Å². The first-order valence-electron chi connectivity index (χ1n) is 5.50. The van der Waals surface area contributed by atoms with Crippen LogP contribution in [0.1, 0.15) is 13.8 Å². The zero-order chi connectivity index (χ0) is 13.4. The standard InChI is InChI=1S/C11H15N3O4/c1-3-17-10(15)13-8-6-5-7-12-9(8)14-11(16)18-4-2/h5-7H,3-4H2,1-2H3,(H,13,15)(H,12,14,16). The van der Waals surface area contributed by atoms with Crippen LogP contribution in [0.25, 0.3) is 0 Å². The minimum atomic E-state index is -0.636. The molecular weight excluding hydrogens is 238 g/mol. The Balaban J connectivity index is 2.73. The predicted molar refractivity (Wildman–Crippen MR) is 65.5 cm³/mol. The van der Waals surface area contributed by atoms with Gasteiger partial charge in [-0.1, -0.05) is 0 Å². The van der Waals surface area contributed by atoms with E-state index in [1.54, 1.807) is 26.0 Å². The number of rotatable bonds is 4. The third kappa shape index (κ3) is 4.28. The molecule has 0 spiro atoms. The van der Waals surface area contributed by atoms with Gasteiger partial charge in [-0.05, 0) is 26.0 Å². The van der Waals surface area contributed by atoms with E-state index in [9.17, 15) is 9.59 Å². The van der Waals surface area contributed by atoms with Crippen molar-refractivity contribution in [1.82, 2.24) is 4.98 Å². The quantitative estimate of drug-likeness (QED) is 0.858. The summed E-state index contributed by atoms with van der Waals surface area (Å²) in [6.45, 7) is 3.89. The first-order valence-corrected chi connectivity index (χ1v) is 5.50. The largest absolute Gasteiger partial charge is 0.450 e. The fraction of sp³-hybridized carbons (Fsp3) is 0.364. The zero-order valence-corrected chi connectivity index (χ0v) is 10.2. The second-order valence-corrected chi connectivity index (χ2v) is 3.09. The van der Waals surface area contributed by atoms with Crippen molar-refractivity contribution in [2.24, 2.45) is 0 Å². The molecule has 7 heteroatoms. The topological polar surface area (TPSA) is 89.5 Å². The average molecular weight is 253 g/mol. The lowest BCUT2D eigenvalue weighted by atomic mass is 10.4. The fourth-order valence-corrected chi connectivity index (χ4v) is 1.15.